The van der Waals surface area contributed by atoms with Crippen LogP contribution in [-0.4, -0.2) is 12.5 Å². The van der Waals surface area contributed by atoms with Crippen LogP contribution in [0.2, 0.25) is 0 Å². The standard InChI is InChI=1S/C17H20N2O2/c1-3-21-16-7-5-4-6-14(16)17(20)19-15-10-13(11-18)9-8-12(15)2/h4-10H,3,11,18H2,1-2H3,(H,19,20). The number of benzene rings is 2. The largest absolute Gasteiger partial charge is 0.493 e. The van der Waals surface area contributed by atoms with Crippen molar-refractivity contribution in [1.82, 2.24) is 0 Å². The van der Waals surface area contributed by atoms with E-state index in [0.717, 1.165) is 16.8 Å². The number of nitrogens with one attached hydrogen (secondary N) is 1. The number of hydrogen-bond acceptors (Lipinski definition) is 3. The van der Waals surface area contributed by atoms with Crippen LogP contribution in [-0.2, 0) is 6.54 Å². The van der Waals surface area contributed by atoms with Crippen LogP contribution in [0.5, 0.6) is 5.75 Å². The van der Waals surface area contributed by atoms with Crippen LogP contribution in [0.15, 0.2) is 42.5 Å². The summed E-state index contributed by atoms with van der Waals surface area (Å²) in [6.07, 6.45) is 0. The first-order chi connectivity index (χ1) is 10.2. The van der Waals surface area contributed by atoms with Crippen molar-refractivity contribution in [2.24, 2.45) is 5.73 Å². The van der Waals surface area contributed by atoms with Crippen LogP contribution in [0.1, 0.15) is 28.4 Å². The van der Waals surface area contributed by atoms with E-state index < -0.39 is 0 Å². The predicted molar refractivity (Wildman–Crippen MR) is 84.6 cm³/mol. The van der Waals surface area contributed by atoms with E-state index in [1.165, 1.54) is 0 Å². The SMILES string of the molecule is CCOc1ccccc1C(=O)Nc1cc(CN)ccc1C. The molecule has 2 aromatic rings. The van der Waals surface area contributed by atoms with Gasteiger partial charge in [0.05, 0.1) is 12.2 Å². The molecule has 0 atom stereocenters. The average Bonchev–Trinajstić information content (AvgIpc) is 2.50. The monoisotopic (exact) mass is 284 g/mol. The van der Waals surface area contributed by atoms with Gasteiger partial charge in [0.25, 0.3) is 5.91 Å². The topological polar surface area (TPSA) is 64.3 Å². The molecule has 21 heavy (non-hydrogen) atoms. The quantitative estimate of drug-likeness (QED) is 0.886. The number of para-hydroxylation sites is 1. The van der Waals surface area contributed by atoms with Gasteiger partial charge in [-0.3, -0.25) is 4.79 Å². The number of aryl methyl sites for hydroxylation is 1. The van der Waals surface area contributed by atoms with Gasteiger partial charge in [-0.2, -0.15) is 0 Å². The smallest absolute Gasteiger partial charge is 0.259 e. The summed E-state index contributed by atoms with van der Waals surface area (Å²) in [6.45, 7) is 4.80. The Labute approximate surface area is 124 Å². The van der Waals surface area contributed by atoms with Gasteiger partial charge in [-0.15, -0.1) is 0 Å². The Balaban J connectivity index is 2.26. The molecule has 0 saturated heterocycles. The van der Waals surface area contributed by atoms with Crippen molar-refractivity contribution in [3.05, 3.63) is 59.2 Å². The van der Waals surface area contributed by atoms with Gasteiger partial charge < -0.3 is 15.8 Å². The van der Waals surface area contributed by atoms with Gasteiger partial charge in [-0.1, -0.05) is 24.3 Å². The molecule has 3 N–H and O–H groups in total. The second kappa shape index (κ2) is 6.90. The molecule has 2 rings (SSSR count). The maximum Gasteiger partial charge on any atom is 0.259 e. The maximum absolute atomic E-state index is 12.4. The molecular formula is C17H20N2O2. The summed E-state index contributed by atoms with van der Waals surface area (Å²) >= 11 is 0. The highest BCUT2D eigenvalue weighted by atomic mass is 16.5. The Morgan fingerprint density at radius 1 is 1.24 bits per heavy atom. The van der Waals surface area contributed by atoms with Crippen molar-refractivity contribution in [1.29, 1.82) is 0 Å². The number of anilines is 1. The zero-order valence-electron chi connectivity index (χ0n) is 12.3. The fourth-order valence-electron chi connectivity index (χ4n) is 2.06. The Bertz CT molecular complexity index is 638. The molecular weight excluding hydrogens is 264 g/mol. The lowest BCUT2D eigenvalue weighted by atomic mass is 10.1. The zero-order valence-corrected chi connectivity index (χ0v) is 12.3. The van der Waals surface area contributed by atoms with Crippen molar-refractivity contribution in [2.45, 2.75) is 20.4 Å². The van der Waals surface area contributed by atoms with Gasteiger partial charge >= 0.3 is 0 Å². The Morgan fingerprint density at radius 3 is 2.71 bits per heavy atom. The van der Waals surface area contributed by atoms with Crippen LogP contribution in [0.3, 0.4) is 0 Å². The third-order valence-corrected chi connectivity index (χ3v) is 3.22. The number of carbonyl (C=O) groups excluding carboxylic acids is 1. The molecule has 0 bridgehead atoms. The molecule has 2 aromatic carbocycles. The van der Waals surface area contributed by atoms with Crippen LogP contribution in [0.25, 0.3) is 0 Å². The van der Waals surface area contributed by atoms with Crippen molar-refractivity contribution >= 4 is 11.6 Å². The van der Waals surface area contributed by atoms with Crippen molar-refractivity contribution in [2.75, 3.05) is 11.9 Å². The summed E-state index contributed by atoms with van der Waals surface area (Å²) in [4.78, 5) is 12.4. The highest BCUT2D eigenvalue weighted by molar-refractivity contribution is 6.06. The fourth-order valence-corrected chi connectivity index (χ4v) is 2.06. The van der Waals surface area contributed by atoms with Gasteiger partial charge in [0, 0.05) is 12.2 Å². The summed E-state index contributed by atoms with van der Waals surface area (Å²) in [7, 11) is 0. The lowest BCUT2D eigenvalue weighted by Gasteiger charge is -2.12. The van der Waals surface area contributed by atoms with Crippen LogP contribution >= 0.6 is 0 Å². The van der Waals surface area contributed by atoms with Gasteiger partial charge in [0.15, 0.2) is 0 Å². The first-order valence-electron chi connectivity index (χ1n) is 6.98. The van der Waals surface area contributed by atoms with Gasteiger partial charge in [0.2, 0.25) is 0 Å². The normalized spacial score (nSPS) is 10.2. The molecule has 110 valence electrons. The molecule has 0 saturated carbocycles. The van der Waals surface area contributed by atoms with Crippen molar-refractivity contribution in [3.63, 3.8) is 0 Å². The number of amides is 1. The number of rotatable bonds is 5. The summed E-state index contributed by atoms with van der Waals surface area (Å²) in [5.74, 6) is 0.404. The molecule has 4 heteroatoms. The molecule has 0 heterocycles. The van der Waals surface area contributed by atoms with Crippen molar-refractivity contribution < 1.29 is 9.53 Å². The second-order valence-corrected chi connectivity index (χ2v) is 4.74. The zero-order chi connectivity index (χ0) is 15.2. The first-order valence-corrected chi connectivity index (χ1v) is 6.98. The van der Waals surface area contributed by atoms with Crippen LogP contribution in [0.4, 0.5) is 5.69 Å². The minimum Gasteiger partial charge on any atom is -0.493 e. The Hall–Kier alpha value is -2.33. The first kappa shape index (κ1) is 15.1. The number of nitrogens with two attached hydrogens (primary N) is 1. The summed E-state index contributed by atoms with van der Waals surface area (Å²) in [5, 5.41) is 2.93. The van der Waals surface area contributed by atoms with Crippen LogP contribution in [0, 0.1) is 6.92 Å². The average molecular weight is 284 g/mol. The predicted octanol–water partition coefficient (Wildman–Crippen LogP) is 3.10. The molecule has 0 aliphatic heterocycles. The van der Waals surface area contributed by atoms with E-state index >= 15 is 0 Å². The Morgan fingerprint density at radius 2 is 2.00 bits per heavy atom. The van der Waals surface area contributed by atoms with E-state index in [0.29, 0.717) is 24.5 Å². The maximum atomic E-state index is 12.4. The van der Waals surface area contributed by atoms with Gasteiger partial charge in [-0.05, 0) is 43.2 Å². The highest BCUT2D eigenvalue weighted by Gasteiger charge is 2.13. The molecule has 0 unspecified atom stereocenters. The highest BCUT2D eigenvalue weighted by Crippen LogP contribution is 2.22. The molecule has 0 aliphatic carbocycles. The number of hydrogen-bond donors (Lipinski definition) is 2. The molecule has 0 spiro atoms. The second-order valence-electron chi connectivity index (χ2n) is 4.74. The summed E-state index contributed by atoms with van der Waals surface area (Å²) < 4.78 is 5.49. The molecule has 0 fully saturated rings. The minimum atomic E-state index is -0.184. The lowest BCUT2D eigenvalue weighted by Crippen LogP contribution is -2.14. The fraction of sp³-hybridized carbons (Fsp3) is 0.235. The van der Waals surface area contributed by atoms with Crippen molar-refractivity contribution in [3.8, 4) is 5.75 Å². The van der Waals surface area contributed by atoms with Gasteiger partial charge in [-0.25, -0.2) is 0 Å². The Kier molecular flexibility index (Phi) is 4.95. The number of carbonyl (C=O) groups is 1. The van der Waals surface area contributed by atoms with E-state index in [2.05, 4.69) is 5.32 Å². The third-order valence-electron chi connectivity index (χ3n) is 3.22. The van der Waals surface area contributed by atoms with E-state index in [9.17, 15) is 4.79 Å². The van der Waals surface area contributed by atoms with E-state index in [-0.39, 0.29) is 5.91 Å². The molecule has 0 radical (unpaired) electrons. The molecule has 1 amide bonds. The summed E-state index contributed by atoms with van der Waals surface area (Å²) in [6, 6.07) is 13.0. The summed E-state index contributed by atoms with van der Waals surface area (Å²) in [5.41, 5.74) is 8.91. The molecule has 4 nitrogen and oxygen atoms in total. The van der Waals surface area contributed by atoms with E-state index in [1.54, 1.807) is 12.1 Å². The van der Waals surface area contributed by atoms with E-state index in [1.807, 2.05) is 44.2 Å². The lowest BCUT2D eigenvalue weighted by molar-refractivity contribution is 0.102. The van der Waals surface area contributed by atoms with Crippen LogP contribution < -0.4 is 15.8 Å². The molecule has 0 aliphatic rings. The number of ether oxygens (including phenoxy) is 1. The van der Waals surface area contributed by atoms with Gasteiger partial charge in [0.1, 0.15) is 5.75 Å². The third kappa shape index (κ3) is 3.61. The molecule has 0 aromatic heterocycles. The minimum absolute atomic E-state index is 0.184. The van der Waals surface area contributed by atoms with E-state index in [4.69, 9.17) is 10.5 Å².